The van der Waals surface area contributed by atoms with Gasteiger partial charge in [-0.15, -0.1) is 0 Å². The molecule has 1 aliphatic heterocycles. The average Bonchev–Trinajstić information content (AvgIpc) is 3.25. The highest BCUT2D eigenvalue weighted by Gasteiger charge is 2.30. The molecule has 2 aromatic carbocycles. The highest BCUT2D eigenvalue weighted by molar-refractivity contribution is 5.87. The molecule has 162 valence electrons. The second kappa shape index (κ2) is 9.02. The van der Waals surface area contributed by atoms with Crippen molar-refractivity contribution >= 4 is 5.91 Å². The average molecular weight is 419 g/mol. The standard InChI is InChI=1S/C25H30N4O2/c1-25(2,3)24-26-21(31-27-24)18-28-14-16-29(17-15-28)23(30)22(19-10-6-4-7-11-19)20-12-8-5-9-13-20/h4-13,22H,14-18H2,1-3H3. The van der Waals surface area contributed by atoms with E-state index in [4.69, 9.17) is 4.52 Å². The van der Waals surface area contributed by atoms with Crippen LogP contribution in [0.15, 0.2) is 65.2 Å². The van der Waals surface area contributed by atoms with Gasteiger partial charge in [0.05, 0.1) is 12.5 Å². The minimum Gasteiger partial charge on any atom is -0.339 e. The summed E-state index contributed by atoms with van der Waals surface area (Å²) in [6.07, 6.45) is 0. The van der Waals surface area contributed by atoms with Gasteiger partial charge in [-0.1, -0.05) is 86.6 Å². The molecule has 1 amide bonds. The number of amides is 1. The highest BCUT2D eigenvalue weighted by Crippen LogP contribution is 2.27. The van der Waals surface area contributed by atoms with E-state index in [0.717, 1.165) is 30.0 Å². The first-order valence-corrected chi connectivity index (χ1v) is 10.9. The van der Waals surface area contributed by atoms with Gasteiger partial charge in [-0.05, 0) is 11.1 Å². The van der Waals surface area contributed by atoms with Gasteiger partial charge in [0.25, 0.3) is 0 Å². The molecule has 0 aliphatic carbocycles. The fraction of sp³-hybridized carbons (Fsp3) is 0.400. The highest BCUT2D eigenvalue weighted by atomic mass is 16.5. The fourth-order valence-electron chi connectivity index (χ4n) is 3.89. The number of benzene rings is 2. The molecule has 2 heterocycles. The molecule has 0 atom stereocenters. The summed E-state index contributed by atoms with van der Waals surface area (Å²) in [4.78, 5) is 22.3. The van der Waals surface area contributed by atoms with Gasteiger partial charge in [-0.3, -0.25) is 9.69 Å². The van der Waals surface area contributed by atoms with Gasteiger partial charge in [0.2, 0.25) is 11.8 Å². The Hall–Kier alpha value is -2.99. The van der Waals surface area contributed by atoms with E-state index in [1.54, 1.807) is 0 Å². The number of piperazine rings is 1. The molecule has 0 saturated carbocycles. The van der Waals surface area contributed by atoms with Crippen molar-refractivity contribution < 1.29 is 9.32 Å². The lowest BCUT2D eigenvalue weighted by molar-refractivity contribution is -0.133. The van der Waals surface area contributed by atoms with Crippen LogP contribution in [-0.2, 0) is 16.8 Å². The summed E-state index contributed by atoms with van der Waals surface area (Å²) < 4.78 is 5.44. The third-order valence-electron chi connectivity index (χ3n) is 5.69. The summed E-state index contributed by atoms with van der Waals surface area (Å²) in [6.45, 7) is 9.78. The molecule has 1 aliphatic rings. The van der Waals surface area contributed by atoms with Crippen molar-refractivity contribution in [2.45, 2.75) is 38.6 Å². The predicted molar refractivity (Wildman–Crippen MR) is 120 cm³/mol. The van der Waals surface area contributed by atoms with Crippen LogP contribution in [0.2, 0.25) is 0 Å². The van der Waals surface area contributed by atoms with Crippen LogP contribution in [0.4, 0.5) is 0 Å². The maximum Gasteiger partial charge on any atom is 0.240 e. The van der Waals surface area contributed by atoms with E-state index in [-0.39, 0.29) is 17.2 Å². The van der Waals surface area contributed by atoms with E-state index < -0.39 is 0 Å². The number of carbonyl (C=O) groups excluding carboxylic acids is 1. The Labute approximate surface area is 183 Å². The molecule has 6 heteroatoms. The Balaban J connectivity index is 1.42. The van der Waals surface area contributed by atoms with Crippen molar-refractivity contribution in [3.63, 3.8) is 0 Å². The van der Waals surface area contributed by atoms with Gasteiger partial charge in [0.1, 0.15) is 0 Å². The molecule has 4 rings (SSSR count). The molecule has 6 nitrogen and oxygen atoms in total. The van der Waals surface area contributed by atoms with Gasteiger partial charge < -0.3 is 9.42 Å². The van der Waals surface area contributed by atoms with Crippen LogP contribution in [0.3, 0.4) is 0 Å². The molecular weight excluding hydrogens is 388 g/mol. The summed E-state index contributed by atoms with van der Waals surface area (Å²) in [6, 6.07) is 20.1. The van der Waals surface area contributed by atoms with Gasteiger partial charge in [-0.2, -0.15) is 4.98 Å². The first kappa shape index (κ1) is 21.2. The summed E-state index contributed by atoms with van der Waals surface area (Å²) in [7, 11) is 0. The predicted octanol–water partition coefficient (Wildman–Crippen LogP) is 3.84. The number of hydrogen-bond donors (Lipinski definition) is 0. The molecule has 31 heavy (non-hydrogen) atoms. The molecule has 1 fully saturated rings. The van der Waals surface area contributed by atoms with Gasteiger partial charge in [0.15, 0.2) is 5.82 Å². The van der Waals surface area contributed by atoms with E-state index in [9.17, 15) is 4.79 Å². The van der Waals surface area contributed by atoms with E-state index >= 15 is 0 Å². The van der Waals surface area contributed by atoms with Crippen LogP contribution in [-0.4, -0.2) is 52.0 Å². The minimum atomic E-state index is -0.278. The molecule has 1 aromatic heterocycles. The molecule has 0 radical (unpaired) electrons. The molecule has 0 unspecified atom stereocenters. The Kier molecular flexibility index (Phi) is 6.18. The van der Waals surface area contributed by atoms with Crippen molar-refractivity contribution in [1.82, 2.24) is 19.9 Å². The van der Waals surface area contributed by atoms with E-state index in [2.05, 4.69) is 35.8 Å². The third kappa shape index (κ3) is 5.02. The lowest BCUT2D eigenvalue weighted by atomic mass is 9.90. The molecule has 0 spiro atoms. The molecule has 3 aromatic rings. The van der Waals surface area contributed by atoms with E-state index in [1.165, 1.54) is 0 Å². The van der Waals surface area contributed by atoms with Crippen molar-refractivity contribution in [3.05, 3.63) is 83.5 Å². The number of rotatable bonds is 5. The topological polar surface area (TPSA) is 62.5 Å². The zero-order valence-corrected chi connectivity index (χ0v) is 18.5. The Morgan fingerprint density at radius 1 is 0.935 bits per heavy atom. The minimum absolute atomic E-state index is 0.128. The molecule has 0 N–H and O–H groups in total. The van der Waals surface area contributed by atoms with Crippen molar-refractivity contribution in [2.24, 2.45) is 0 Å². The summed E-state index contributed by atoms with van der Waals surface area (Å²) in [5, 5.41) is 4.11. The van der Waals surface area contributed by atoms with Crippen LogP contribution in [0.1, 0.15) is 49.5 Å². The van der Waals surface area contributed by atoms with Crippen molar-refractivity contribution in [1.29, 1.82) is 0 Å². The van der Waals surface area contributed by atoms with E-state index in [1.807, 2.05) is 65.6 Å². The van der Waals surface area contributed by atoms with Crippen LogP contribution in [0.25, 0.3) is 0 Å². The summed E-state index contributed by atoms with van der Waals surface area (Å²) in [5.74, 6) is 1.24. The second-order valence-corrected chi connectivity index (χ2v) is 9.12. The maximum atomic E-state index is 13.5. The SMILES string of the molecule is CC(C)(C)c1noc(CN2CCN(C(=O)C(c3ccccc3)c3ccccc3)CC2)n1. The number of hydrogen-bond acceptors (Lipinski definition) is 5. The van der Waals surface area contributed by atoms with Gasteiger partial charge in [0, 0.05) is 31.6 Å². The van der Waals surface area contributed by atoms with E-state index in [0.29, 0.717) is 25.5 Å². The lowest BCUT2D eigenvalue weighted by Gasteiger charge is -2.36. The zero-order chi connectivity index (χ0) is 21.8. The van der Waals surface area contributed by atoms with Gasteiger partial charge >= 0.3 is 0 Å². The fourth-order valence-corrected chi connectivity index (χ4v) is 3.89. The maximum absolute atomic E-state index is 13.5. The molecule has 0 bridgehead atoms. The van der Waals surface area contributed by atoms with Crippen LogP contribution >= 0.6 is 0 Å². The second-order valence-electron chi connectivity index (χ2n) is 9.12. The van der Waals surface area contributed by atoms with Crippen molar-refractivity contribution in [3.8, 4) is 0 Å². The quantitative estimate of drug-likeness (QED) is 0.630. The Morgan fingerprint density at radius 2 is 1.48 bits per heavy atom. The number of carbonyl (C=O) groups is 1. The molecule has 1 saturated heterocycles. The first-order valence-electron chi connectivity index (χ1n) is 10.9. The normalized spacial score (nSPS) is 15.4. The first-order chi connectivity index (χ1) is 14.9. The lowest BCUT2D eigenvalue weighted by Crippen LogP contribution is -2.49. The Morgan fingerprint density at radius 3 is 1.97 bits per heavy atom. The monoisotopic (exact) mass is 418 g/mol. The Bertz CT molecular complexity index is 948. The van der Waals surface area contributed by atoms with Gasteiger partial charge in [-0.25, -0.2) is 0 Å². The summed E-state index contributed by atoms with van der Waals surface area (Å²) >= 11 is 0. The van der Waals surface area contributed by atoms with Crippen LogP contribution < -0.4 is 0 Å². The van der Waals surface area contributed by atoms with Crippen LogP contribution in [0.5, 0.6) is 0 Å². The summed E-state index contributed by atoms with van der Waals surface area (Å²) in [5.41, 5.74) is 1.93. The largest absolute Gasteiger partial charge is 0.339 e. The third-order valence-corrected chi connectivity index (χ3v) is 5.69. The number of nitrogens with zero attached hydrogens (tertiary/aromatic N) is 4. The zero-order valence-electron chi connectivity index (χ0n) is 18.5. The van der Waals surface area contributed by atoms with Crippen molar-refractivity contribution in [2.75, 3.05) is 26.2 Å². The smallest absolute Gasteiger partial charge is 0.240 e. The molecular formula is C25H30N4O2. The number of aromatic nitrogens is 2. The van der Waals surface area contributed by atoms with Crippen LogP contribution in [0, 0.1) is 0 Å².